The molecule has 0 bridgehead atoms. The van der Waals surface area contributed by atoms with E-state index in [9.17, 15) is 9.90 Å². The molecule has 1 fully saturated rings. The number of carbonyl (C=O) groups excluding carboxylic acids is 1. The molecule has 1 saturated carbocycles. The molecule has 17 heavy (non-hydrogen) atoms. The zero-order chi connectivity index (χ0) is 12.9. The van der Waals surface area contributed by atoms with Gasteiger partial charge in [0.25, 0.3) is 0 Å². The molecular formula is C14H20O3. The fourth-order valence-electron chi connectivity index (χ4n) is 2.11. The predicted molar refractivity (Wildman–Crippen MR) is 66.1 cm³/mol. The number of esters is 1. The van der Waals surface area contributed by atoms with Gasteiger partial charge in [-0.05, 0) is 32.3 Å². The zero-order valence-electron chi connectivity index (χ0n) is 10.6. The van der Waals surface area contributed by atoms with Crippen LogP contribution in [0.25, 0.3) is 0 Å². The normalized spacial score (nSPS) is 19.0. The standard InChI is InChI=1S/C14H20O3/c1-4-17-13(15)14(16,10-9-11(2)3)12-7-5-6-8-12/h12,16H,2,4-8H2,1,3H3. The van der Waals surface area contributed by atoms with Gasteiger partial charge >= 0.3 is 5.97 Å². The van der Waals surface area contributed by atoms with E-state index < -0.39 is 11.6 Å². The maximum atomic E-state index is 11.9. The second-order valence-corrected chi connectivity index (χ2v) is 4.50. The summed E-state index contributed by atoms with van der Waals surface area (Å²) in [6, 6.07) is 0. The van der Waals surface area contributed by atoms with Crippen LogP contribution in [0.2, 0.25) is 0 Å². The molecule has 0 aromatic heterocycles. The second kappa shape index (κ2) is 5.88. The monoisotopic (exact) mass is 236 g/mol. The van der Waals surface area contributed by atoms with Gasteiger partial charge in [-0.25, -0.2) is 4.79 Å². The summed E-state index contributed by atoms with van der Waals surface area (Å²) in [5.74, 6) is 4.62. The van der Waals surface area contributed by atoms with Crippen LogP contribution in [-0.4, -0.2) is 23.3 Å². The molecule has 0 radical (unpaired) electrons. The van der Waals surface area contributed by atoms with Crippen molar-refractivity contribution < 1.29 is 14.6 Å². The van der Waals surface area contributed by atoms with Crippen LogP contribution in [0.4, 0.5) is 0 Å². The lowest BCUT2D eigenvalue weighted by molar-refractivity contribution is -0.163. The van der Waals surface area contributed by atoms with E-state index in [1.807, 2.05) is 0 Å². The topological polar surface area (TPSA) is 46.5 Å². The first-order valence-corrected chi connectivity index (χ1v) is 6.09. The number of carbonyl (C=O) groups is 1. The van der Waals surface area contributed by atoms with Gasteiger partial charge in [-0.3, -0.25) is 0 Å². The van der Waals surface area contributed by atoms with Gasteiger partial charge in [-0.2, -0.15) is 0 Å². The maximum Gasteiger partial charge on any atom is 0.351 e. The molecule has 0 amide bonds. The van der Waals surface area contributed by atoms with E-state index in [1.54, 1.807) is 13.8 Å². The van der Waals surface area contributed by atoms with Gasteiger partial charge in [0, 0.05) is 5.92 Å². The van der Waals surface area contributed by atoms with Gasteiger partial charge in [-0.15, -0.1) is 0 Å². The van der Waals surface area contributed by atoms with Crippen molar-refractivity contribution >= 4 is 5.97 Å². The van der Waals surface area contributed by atoms with Crippen molar-refractivity contribution in [3.63, 3.8) is 0 Å². The molecule has 1 unspecified atom stereocenters. The molecule has 0 aliphatic heterocycles. The van der Waals surface area contributed by atoms with Crippen molar-refractivity contribution in [3.8, 4) is 11.8 Å². The molecule has 3 heteroatoms. The molecule has 3 nitrogen and oxygen atoms in total. The van der Waals surface area contributed by atoms with Crippen LogP contribution in [-0.2, 0) is 9.53 Å². The average Bonchev–Trinajstić information content (AvgIpc) is 2.80. The van der Waals surface area contributed by atoms with Crippen LogP contribution in [0.1, 0.15) is 39.5 Å². The highest BCUT2D eigenvalue weighted by Crippen LogP contribution is 2.34. The molecule has 94 valence electrons. The Morgan fingerprint density at radius 2 is 2.12 bits per heavy atom. The Morgan fingerprint density at radius 3 is 2.59 bits per heavy atom. The third-order valence-corrected chi connectivity index (χ3v) is 3.00. The molecule has 0 saturated heterocycles. The van der Waals surface area contributed by atoms with Crippen molar-refractivity contribution in [3.05, 3.63) is 12.2 Å². The molecule has 0 aromatic rings. The summed E-state index contributed by atoms with van der Waals surface area (Å²) >= 11 is 0. The Hall–Kier alpha value is -1.27. The Balaban J connectivity index is 2.95. The van der Waals surface area contributed by atoms with Crippen LogP contribution in [0, 0.1) is 17.8 Å². The molecule has 0 heterocycles. The van der Waals surface area contributed by atoms with Gasteiger partial charge in [0.2, 0.25) is 5.60 Å². The van der Waals surface area contributed by atoms with Crippen molar-refractivity contribution in [2.75, 3.05) is 6.61 Å². The molecule has 1 atom stereocenters. The van der Waals surface area contributed by atoms with Crippen molar-refractivity contribution in [1.29, 1.82) is 0 Å². The fourth-order valence-corrected chi connectivity index (χ4v) is 2.11. The number of allylic oxidation sites excluding steroid dienone is 1. The first kappa shape index (κ1) is 13.8. The third-order valence-electron chi connectivity index (χ3n) is 3.00. The smallest absolute Gasteiger partial charge is 0.351 e. The summed E-state index contributed by atoms with van der Waals surface area (Å²) in [5, 5.41) is 10.5. The van der Waals surface area contributed by atoms with Crippen LogP contribution in [0.15, 0.2) is 12.2 Å². The molecule has 0 aromatic carbocycles. The number of hydrogen-bond donors (Lipinski definition) is 1. The van der Waals surface area contributed by atoms with E-state index in [0.717, 1.165) is 25.7 Å². The fraction of sp³-hybridized carbons (Fsp3) is 0.643. The lowest BCUT2D eigenvalue weighted by Gasteiger charge is -2.26. The lowest BCUT2D eigenvalue weighted by Crippen LogP contribution is -2.45. The molecule has 0 spiro atoms. The Morgan fingerprint density at radius 1 is 1.53 bits per heavy atom. The minimum absolute atomic E-state index is 0.117. The van der Waals surface area contributed by atoms with E-state index in [0.29, 0.717) is 5.57 Å². The summed E-state index contributed by atoms with van der Waals surface area (Å²) in [5.41, 5.74) is -1.03. The minimum Gasteiger partial charge on any atom is -0.463 e. The maximum absolute atomic E-state index is 11.9. The van der Waals surface area contributed by atoms with Crippen LogP contribution < -0.4 is 0 Å². The number of ether oxygens (including phenoxy) is 1. The molecular weight excluding hydrogens is 216 g/mol. The second-order valence-electron chi connectivity index (χ2n) is 4.50. The van der Waals surface area contributed by atoms with Crippen LogP contribution in [0.5, 0.6) is 0 Å². The van der Waals surface area contributed by atoms with Gasteiger partial charge in [0.15, 0.2) is 0 Å². The SMILES string of the molecule is C=C(C)C#CC(O)(C(=O)OCC)C1CCCC1. The Bertz CT molecular complexity index is 355. The van der Waals surface area contributed by atoms with E-state index in [1.165, 1.54) is 0 Å². The van der Waals surface area contributed by atoms with Gasteiger partial charge < -0.3 is 9.84 Å². The van der Waals surface area contributed by atoms with E-state index in [-0.39, 0.29) is 12.5 Å². The summed E-state index contributed by atoms with van der Waals surface area (Å²) in [6.07, 6.45) is 3.70. The molecule has 1 N–H and O–H groups in total. The molecule has 1 rings (SSSR count). The Kier molecular flexibility index (Phi) is 4.77. The lowest BCUT2D eigenvalue weighted by atomic mass is 9.86. The number of aliphatic hydroxyl groups is 1. The molecule has 1 aliphatic carbocycles. The zero-order valence-corrected chi connectivity index (χ0v) is 10.6. The quantitative estimate of drug-likeness (QED) is 0.602. The van der Waals surface area contributed by atoms with Gasteiger partial charge in [0.05, 0.1) is 6.61 Å². The first-order valence-electron chi connectivity index (χ1n) is 6.09. The summed E-state index contributed by atoms with van der Waals surface area (Å²) in [6.45, 7) is 7.37. The largest absolute Gasteiger partial charge is 0.463 e. The summed E-state index contributed by atoms with van der Waals surface area (Å²) in [4.78, 5) is 11.9. The predicted octanol–water partition coefficient (Wildman–Crippen LogP) is 2.05. The highest BCUT2D eigenvalue weighted by Gasteiger charge is 2.45. The highest BCUT2D eigenvalue weighted by atomic mass is 16.5. The van der Waals surface area contributed by atoms with E-state index >= 15 is 0 Å². The van der Waals surface area contributed by atoms with Crippen LogP contribution >= 0.6 is 0 Å². The third kappa shape index (κ3) is 3.34. The number of hydrogen-bond acceptors (Lipinski definition) is 3. The van der Waals surface area contributed by atoms with Crippen LogP contribution in [0.3, 0.4) is 0 Å². The van der Waals surface area contributed by atoms with E-state index in [2.05, 4.69) is 18.4 Å². The Labute approximate surface area is 103 Å². The minimum atomic E-state index is -1.66. The number of rotatable bonds is 3. The van der Waals surface area contributed by atoms with E-state index in [4.69, 9.17) is 4.74 Å². The van der Waals surface area contributed by atoms with Gasteiger partial charge in [0.1, 0.15) is 0 Å². The van der Waals surface area contributed by atoms with Crippen molar-refractivity contribution in [2.45, 2.75) is 45.1 Å². The highest BCUT2D eigenvalue weighted by molar-refractivity contribution is 5.84. The first-order chi connectivity index (χ1) is 8.00. The average molecular weight is 236 g/mol. The summed E-state index contributed by atoms with van der Waals surface area (Å²) in [7, 11) is 0. The van der Waals surface area contributed by atoms with Crippen molar-refractivity contribution in [1.82, 2.24) is 0 Å². The van der Waals surface area contributed by atoms with Crippen molar-refractivity contribution in [2.24, 2.45) is 5.92 Å². The summed E-state index contributed by atoms with van der Waals surface area (Å²) < 4.78 is 4.93. The molecule has 1 aliphatic rings. The van der Waals surface area contributed by atoms with Gasteiger partial charge in [-0.1, -0.05) is 31.3 Å².